The van der Waals surface area contributed by atoms with Gasteiger partial charge in [0, 0.05) is 38.8 Å². The number of hydrogen-bond donors (Lipinski definition) is 1. The molecule has 2 N–H and O–H groups in total. The number of likely N-dealkylation sites (tertiary alicyclic amines) is 1. The molecule has 2 heterocycles. The zero-order chi connectivity index (χ0) is 12.3. The maximum Gasteiger partial charge on any atom is 0.236 e. The van der Waals surface area contributed by atoms with Crippen molar-refractivity contribution in [1.82, 2.24) is 14.7 Å². The summed E-state index contributed by atoms with van der Waals surface area (Å²) >= 11 is 0. The van der Waals surface area contributed by atoms with Crippen LogP contribution in [-0.2, 0) is 4.79 Å². The number of piperidine rings is 1. The highest BCUT2D eigenvalue weighted by atomic mass is 16.2. The lowest BCUT2D eigenvalue weighted by Gasteiger charge is -2.35. The predicted octanol–water partition coefficient (Wildman–Crippen LogP) is -0.816. The van der Waals surface area contributed by atoms with Crippen LogP contribution in [0.15, 0.2) is 0 Å². The van der Waals surface area contributed by atoms with Gasteiger partial charge in [0.2, 0.25) is 5.91 Å². The molecule has 5 nitrogen and oxygen atoms in total. The number of nitrogens with zero attached hydrogens (tertiary/aromatic N) is 3. The second-order valence-corrected chi connectivity index (χ2v) is 5.32. The van der Waals surface area contributed by atoms with Gasteiger partial charge in [0.05, 0.1) is 6.54 Å². The third-order valence-electron chi connectivity index (χ3n) is 3.76. The zero-order valence-electron chi connectivity index (χ0n) is 10.8. The third-order valence-corrected chi connectivity index (χ3v) is 3.76. The Hall–Kier alpha value is -0.650. The van der Waals surface area contributed by atoms with E-state index < -0.39 is 0 Å². The van der Waals surface area contributed by atoms with Gasteiger partial charge in [-0.3, -0.25) is 9.69 Å². The normalized spacial score (nSPS) is 28.4. The second-order valence-electron chi connectivity index (χ2n) is 5.32. The topological polar surface area (TPSA) is 52.8 Å². The van der Waals surface area contributed by atoms with E-state index in [1.807, 2.05) is 4.90 Å². The Bertz CT molecular complexity index is 263. The quantitative estimate of drug-likeness (QED) is 0.685. The minimum Gasteiger partial charge on any atom is -0.339 e. The number of amides is 1. The summed E-state index contributed by atoms with van der Waals surface area (Å²) in [5.74, 6) is 0.271. The smallest absolute Gasteiger partial charge is 0.236 e. The summed E-state index contributed by atoms with van der Waals surface area (Å²) in [4.78, 5) is 18.6. The third kappa shape index (κ3) is 3.66. The van der Waals surface area contributed by atoms with E-state index in [-0.39, 0.29) is 11.9 Å². The molecule has 0 radical (unpaired) electrons. The molecule has 0 spiro atoms. The van der Waals surface area contributed by atoms with Crippen LogP contribution in [0.1, 0.15) is 12.8 Å². The van der Waals surface area contributed by atoms with Crippen LogP contribution in [0.25, 0.3) is 0 Å². The molecule has 0 aromatic carbocycles. The maximum absolute atomic E-state index is 12.1. The molecule has 0 aromatic rings. The number of carbonyl (C=O) groups is 1. The second kappa shape index (κ2) is 5.80. The number of piperazine rings is 1. The van der Waals surface area contributed by atoms with Crippen LogP contribution in [0.5, 0.6) is 0 Å². The zero-order valence-corrected chi connectivity index (χ0v) is 10.8. The summed E-state index contributed by atoms with van der Waals surface area (Å²) in [6.45, 7) is 6.17. The van der Waals surface area contributed by atoms with E-state index in [1.165, 1.54) is 0 Å². The highest BCUT2D eigenvalue weighted by Crippen LogP contribution is 2.09. The minimum atomic E-state index is 0.254. The van der Waals surface area contributed by atoms with Gasteiger partial charge in [-0.25, -0.2) is 0 Å². The summed E-state index contributed by atoms with van der Waals surface area (Å²) in [6.07, 6.45) is 2.22. The van der Waals surface area contributed by atoms with Gasteiger partial charge >= 0.3 is 0 Å². The molecule has 2 aliphatic heterocycles. The van der Waals surface area contributed by atoms with Crippen LogP contribution in [0.3, 0.4) is 0 Å². The van der Waals surface area contributed by atoms with Crippen molar-refractivity contribution in [3.05, 3.63) is 0 Å². The van der Waals surface area contributed by atoms with Crippen molar-refractivity contribution >= 4 is 5.91 Å². The molecular formula is C12H24N4O. The van der Waals surface area contributed by atoms with Crippen LogP contribution >= 0.6 is 0 Å². The van der Waals surface area contributed by atoms with E-state index in [1.54, 1.807) is 0 Å². The Morgan fingerprint density at radius 2 is 1.94 bits per heavy atom. The highest BCUT2D eigenvalue weighted by Gasteiger charge is 2.23. The molecule has 2 fully saturated rings. The summed E-state index contributed by atoms with van der Waals surface area (Å²) in [6, 6.07) is 0.254. The number of nitrogens with two attached hydrogens (primary N) is 1. The summed E-state index contributed by atoms with van der Waals surface area (Å²) in [5, 5.41) is 0. The van der Waals surface area contributed by atoms with Crippen molar-refractivity contribution < 1.29 is 4.79 Å². The number of rotatable bonds is 2. The molecule has 17 heavy (non-hydrogen) atoms. The summed E-state index contributed by atoms with van der Waals surface area (Å²) in [5.41, 5.74) is 5.92. The van der Waals surface area contributed by atoms with Gasteiger partial charge in [-0.2, -0.15) is 0 Å². The lowest BCUT2D eigenvalue weighted by molar-refractivity contribution is -0.134. The van der Waals surface area contributed by atoms with Gasteiger partial charge in [-0.15, -0.1) is 0 Å². The van der Waals surface area contributed by atoms with Crippen molar-refractivity contribution in [2.75, 3.05) is 52.9 Å². The molecule has 0 aromatic heterocycles. The molecule has 1 amide bonds. The Kier molecular flexibility index (Phi) is 4.36. The van der Waals surface area contributed by atoms with E-state index >= 15 is 0 Å². The van der Waals surface area contributed by atoms with Crippen molar-refractivity contribution in [2.24, 2.45) is 5.73 Å². The first kappa shape index (κ1) is 12.8. The minimum absolute atomic E-state index is 0.254. The summed E-state index contributed by atoms with van der Waals surface area (Å²) < 4.78 is 0. The molecule has 0 unspecified atom stereocenters. The van der Waals surface area contributed by atoms with Crippen LogP contribution < -0.4 is 5.73 Å². The van der Waals surface area contributed by atoms with E-state index in [9.17, 15) is 4.79 Å². The van der Waals surface area contributed by atoms with Crippen LogP contribution in [0.4, 0.5) is 0 Å². The van der Waals surface area contributed by atoms with Gasteiger partial charge in [0.25, 0.3) is 0 Å². The first-order valence-corrected chi connectivity index (χ1v) is 6.59. The molecule has 2 aliphatic rings. The number of carbonyl (C=O) groups excluding carboxylic acids is 1. The molecule has 0 bridgehead atoms. The van der Waals surface area contributed by atoms with Crippen molar-refractivity contribution in [1.29, 1.82) is 0 Å². The molecule has 2 rings (SSSR count). The average Bonchev–Trinajstić information content (AvgIpc) is 2.29. The molecule has 2 saturated heterocycles. The highest BCUT2D eigenvalue weighted by molar-refractivity contribution is 5.78. The lowest BCUT2D eigenvalue weighted by Crippen LogP contribution is -2.52. The number of likely N-dealkylation sites (N-methyl/N-ethyl adjacent to an activating group) is 1. The fourth-order valence-corrected chi connectivity index (χ4v) is 2.58. The van der Waals surface area contributed by atoms with Gasteiger partial charge in [0.15, 0.2) is 0 Å². The first-order chi connectivity index (χ1) is 8.15. The molecule has 98 valence electrons. The van der Waals surface area contributed by atoms with Crippen molar-refractivity contribution in [3.8, 4) is 0 Å². The van der Waals surface area contributed by atoms with E-state index in [4.69, 9.17) is 5.73 Å². The largest absolute Gasteiger partial charge is 0.339 e. The van der Waals surface area contributed by atoms with Gasteiger partial charge in [-0.1, -0.05) is 0 Å². The Morgan fingerprint density at radius 1 is 1.24 bits per heavy atom. The Labute approximate surface area is 104 Å². The molecular weight excluding hydrogens is 216 g/mol. The van der Waals surface area contributed by atoms with E-state index in [2.05, 4.69) is 16.8 Å². The van der Waals surface area contributed by atoms with Crippen LogP contribution in [0, 0.1) is 0 Å². The van der Waals surface area contributed by atoms with E-state index in [0.29, 0.717) is 6.54 Å². The first-order valence-electron chi connectivity index (χ1n) is 6.59. The Morgan fingerprint density at radius 3 is 2.59 bits per heavy atom. The number of hydrogen-bond acceptors (Lipinski definition) is 4. The lowest BCUT2D eigenvalue weighted by atomic mass is 10.1. The predicted molar refractivity (Wildman–Crippen MR) is 67.7 cm³/mol. The standard InChI is InChI=1S/C12H24N4O/c1-14-5-7-16(8-6-14)12(17)10-15-4-2-3-11(13)9-15/h11H,2-10,13H2,1H3/t11-/m1/s1. The monoisotopic (exact) mass is 240 g/mol. The molecule has 0 saturated carbocycles. The van der Waals surface area contributed by atoms with Gasteiger partial charge < -0.3 is 15.5 Å². The molecule has 5 heteroatoms. The fraction of sp³-hybridized carbons (Fsp3) is 0.917. The van der Waals surface area contributed by atoms with Gasteiger partial charge in [-0.05, 0) is 26.4 Å². The maximum atomic E-state index is 12.1. The van der Waals surface area contributed by atoms with E-state index in [0.717, 1.165) is 52.1 Å². The molecule has 0 aliphatic carbocycles. The fourth-order valence-electron chi connectivity index (χ4n) is 2.58. The molecule has 1 atom stereocenters. The summed E-state index contributed by atoms with van der Waals surface area (Å²) in [7, 11) is 2.10. The Balaban J connectivity index is 1.76. The van der Waals surface area contributed by atoms with Crippen LogP contribution in [-0.4, -0.2) is 79.5 Å². The van der Waals surface area contributed by atoms with Crippen molar-refractivity contribution in [2.45, 2.75) is 18.9 Å². The van der Waals surface area contributed by atoms with Crippen LogP contribution in [0.2, 0.25) is 0 Å². The van der Waals surface area contributed by atoms with Gasteiger partial charge in [0.1, 0.15) is 0 Å². The average molecular weight is 240 g/mol. The SMILES string of the molecule is CN1CCN(C(=O)CN2CCC[C@@H](N)C2)CC1. The van der Waals surface area contributed by atoms with Crippen molar-refractivity contribution in [3.63, 3.8) is 0 Å².